The first kappa shape index (κ1) is 30.6. The van der Waals surface area contributed by atoms with Gasteiger partial charge in [-0.05, 0) is 132 Å². The fourth-order valence-electron chi connectivity index (χ4n) is 8.53. The van der Waals surface area contributed by atoms with E-state index in [1.54, 1.807) is 0 Å². The number of rotatable bonds is 4. The van der Waals surface area contributed by atoms with E-state index < -0.39 is 0 Å². The minimum absolute atomic E-state index is 0.751. The summed E-state index contributed by atoms with van der Waals surface area (Å²) in [4.78, 5) is 13.6. The molecule has 4 heterocycles. The van der Waals surface area contributed by atoms with Gasteiger partial charge in [-0.3, -0.25) is 4.57 Å². The number of nitrogens with one attached hydrogen (secondary N) is 1. The number of aryl methyl sites for hydroxylation is 2. The summed E-state index contributed by atoms with van der Waals surface area (Å²) in [6.45, 7) is 0. The van der Waals surface area contributed by atoms with Gasteiger partial charge in [0.25, 0.3) is 0 Å². The van der Waals surface area contributed by atoms with E-state index in [1.807, 2.05) is 24.4 Å². The fourth-order valence-corrected chi connectivity index (χ4v) is 8.53. The second kappa shape index (κ2) is 12.0. The van der Waals surface area contributed by atoms with E-state index in [9.17, 15) is 0 Å². The van der Waals surface area contributed by atoms with Gasteiger partial charge in [0.2, 0.25) is 0 Å². The van der Waals surface area contributed by atoms with Crippen molar-refractivity contribution in [3.05, 3.63) is 180 Å². The molecule has 0 atom stereocenters. The molecule has 0 amide bonds. The molecule has 0 spiro atoms. The van der Waals surface area contributed by atoms with Crippen molar-refractivity contribution >= 4 is 60.2 Å². The highest BCUT2D eigenvalue weighted by Gasteiger charge is 2.23. The number of nitrogens with zero attached hydrogens (tertiary/aromatic N) is 3. The number of H-pyrrole nitrogens is 1. The molecule has 0 saturated heterocycles. The Hall–Kier alpha value is -6.98. The summed E-state index contributed by atoms with van der Waals surface area (Å²) >= 11 is 0. The average Bonchev–Trinajstić information content (AvgIpc) is 3.75. The third-order valence-electron chi connectivity index (χ3n) is 11.3. The topological polar surface area (TPSA) is 72.5 Å². The number of aromatic amines is 1. The molecule has 5 heteroatoms. The Morgan fingerprint density at radius 1 is 0.704 bits per heavy atom. The molecule has 0 aliphatic heterocycles. The van der Waals surface area contributed by atoms with Gasteiger partial charge >= 0.3 is 0 Å². The molecule has 2 aliphatic carbocycles. The molecule has 54 heavy (non-hydrogen) atoms. The lowest BCUT2D eigenvalue weighted by atomic mass is 9.84. The predicted molar refractivity (Wildman–Crippen MR) is 225 cm³/mol. The molecular formula is C49H35N5. The van der Waals surface area contributed by atoms with Crippen LogP contribution in [0.4, 0.5) is 0 Å². The van der Waals surface area contributed by atoms with Crippen molar-refractivity contribution in [1.29, 1.82) is 0 Å². The summed E-state index contributed by atoms with van der Waals surface area (Å²) < 4.78 is 2.30. The Morgan fingerprint density at radius 2 is 1.54 bits per heavy atom. The summed E-state index contributed by atoms with van der Waals surface area (Å²) in [7, 11) is 0. The van der Waals surface area contributed by atoms with E-state index in [1.165, 1.54) is 49.4 Å². The smallest absolute Gasteiger partial charge is 0.137 e. The molecule has 0 saturated carbocycles. The molecule has 0 radical (unpaired) electrons. The lowest BCUT2D eigenvalue weighted by molar-refractivity contribution is 0.946. The summed E-state index contributed by atoms with van der Waals surface area (Å²) in [6.07, 6.45) is 17.4. The molecular weight excluding hydrogens is 659 g/mol. The highest BCUT2D eigenvalue weighted by atomic mass is 15.1. The summed E-state index contributed by atoms with van der Waals surface area (Å²) in [5.41, 5.74) is 22.7. The molecule has 0 unspecified atom stereocenters. The first-order valence-electron chi connectivity index (χ1n) is 18.6. The zero-order valence-corrected chi connectivity index (χ0v) is 29.6. The third kappa shape index (κ3) is 4.93. The number of aromatic nitrogens is 4. The maximum Gasteiger partial charge on any atom is 0.137 e. The molecule has 256 valence electrons. The van der Waals surface area contributed by atoms with E-state index in [4.69, 9.17) is 15.7 Å². The third-order valence-corrected chi connectivity index (χ3v) is 11.3. The number of pyridine rings is 2. The van der Waals surface area contributed by atoms with Crippen LogP contribution >= 0.6 is 0 Å². The van der Waals surface area contributed by atoms with Crippen molar-refractivity contribution in [2.75, 3.05) is 0 Å². The Morgan fingerprint density at radius 3 is 2.41 bits per heavy atom. The molecule has 2 aliphatic rings. The van der Waals surface area contributed by atoms with Crippen LogP contribution in [-0.2, 0) is 12.8 Å². The van der Waals surface area contributed by atoms with Gasteiger partial charge in [-0.15, -0.1) is 0 Å². The van der Waals surface area contributed by atoms with Crippen LogP contribution in [0, 0.1) is 0 Å². The molecule has 4 aromatic heterocycles. The number of hydrogen-bond donors (Lipinski definition) is 2. The zero-order chi connectivity index (χ0) is 35.8. The van der Waals surface area contributed by atoms with Crippen molar-refractivity contribution in [3.63, 3.8) is 0 Å². The van der Waals surface area contributed by atoms with Crippen LogP contribution in [-0.4, -0.2) is 19.5 Å². The molecule has 0 bridgehead atoms. The average molecular weight is 694 g/mol. The van der Waals surface area contributed by atoms with E-state index in [2.05, 4.69) is 143 Å². The second-order valence-corrected chi connectivity index (χ2v) is 14.5. The molecule has 5 aromatic carbocycles. The van der Waals surface area contributed by atoms with Gasteiger partial charge in [0.1, 0.15) is 5.82 Å². The molecule has 9 aromatic rings. The molecule has 11 rings (SSSR count). The van der Waals surface area contributed by atoms with Gasteiger partial charge in [-0.2, -0.15) is 0 Å². The van der Waals surface area contributed by atoms with Crippen molar-refractivity contribution in [2.24, 2.45) is 5.73 Å². The predicted octanol–water partition coefficient (Wildman–Crippen LogP) is 11.5. The number of hydrogen-bond acceptors (Lipinski definition) is 3. The van der Waals surface area contributed by atoms with Gasteiger partial charge < -0.3 is 10.7 Å². The number of benzene rings is 5. The molecule has 0 fully saturated rings. The van der Waals surface area contributed by atoms with Gasteiger partial charge in [0.05, 0.1) is 22.2 Å². The first-order valence-corrected chi connectivity index (χ1v) is 18.6. The highest BCUT2D eigenvalue weighted by Crippen LogP contribution is 2.43. The van der Waals surface area contributed by atoms with Crippen LogP contribution in [0.1, 0.15) is 23.1 Å². The van der Waals surface area contributed by atoms with Gasteiger partial charge in [-0.1, -0.05) is 72.8 Å². The van der Waals surface area contributed by atoms with Crippen LogP contribution in [0.15, 0.2) is 163 Å². The highest BCUT2D eigenvalue weighted by molar-refractivity contribution is 6.13. The Kier molecular flexibility index (Phi) is 6.83. The van der Waals surface area contributed by atoms with Crippen LogP contribution in [0.5, 0.6) is 0 Å². The molecule has 5 nitrogen and oxygen atoms in total. The second-order valence-electron chi connectivity index (χ2n) is 14.5. The fraction of sp³-hybridized carbons (Fsp3) is 0.0612. The van der Waals surface area contributed by atoms with Gasteiger partial charge in [0.15, 0.2) is 0 Å². The van der Waals surface area contributed by atoms with Crippen molar-refractivity contribution < 1.29 is 0 Å². The van der Waals surface area contributed by atoms with Gasteiger partial charge in [0, 0.05) is 55.4 Å². The Labute approximate surface area is 312 Å². The lowest BCUT2D eigenvalue weighted by Gasteiger charge is -2.21. The SMILES string of the molecule is N/C(=C\C=C1\C=CC=CC1)c1ccc2c(c1)c1cc3c(cc1n2-c1ccccn1)-c1cc2[nH]c4ccc(-c5ccc6ccccc6n5)cc4c2cc1CC3. The summed E-state index contributed by atoms with van der Waals surface area (Å²) in [6, 6.07) is 41.5. The normalized spacial score (nSPS) is 14.9. The number of allylic oxidation sites excluding steroid dienone is 7. The lowest BCUT2D eigenvalue weighted by Crippen LogP contribution is -2.04. The maximum atomic E-state index is 6.71. The van der Waals surface area contributed by atoms with E-state index in [0.717, 1.165) is 80.6 Å². The quantitative estimate of drug-likeness (QED) is 0.193. The standard InChI is InChI=1S/C49H35N5/c50-42(19-13-30-8-2-1-3-9-30)34-18-22-47-40(26-34)41-25-33-15-14-32-24-39-38-27-35(44-20-16-31-10-4-5-11-43(31)52-44)17-21-45(38)53-46(39)28-36(32)37(33)29-48(41)54(47)49-12-6-7-23-51-49/h1-8,10-13,16-29,53H,9,14-15,50H2/b30-13-,42-19-. The van der Waals surface area contributed by atoms with Crippen LogP contribution in [0.3, 0.4) is 0 Å². The summed E-state index contributed by atoms with van der Waals surface area (Å²) in [5, 5.41) is 6.02. The van der Waals surface area contributed by atoms with Gasteiger partial charge in [-0.25, -0.2) is 9.97 Å². The van der Waals surface area contributed by atoms with Crippen molar-refractivity contribution in [1.82, 2.24) is 19.5 Å². The molecule has 3 N–H and O–H groups in total. The number of para-hydroxylation sites is 1. The maximum absolute atomic E-state index is 6.71. The van der Waals surface area contributed by atoms with Crippen molar-refractivity contribution in [2.45, 2.75) is 19.3 Å². The van der Waals surface area contributed by atoms with E-state index >= 15 is 0 Å². The Bertz CT molecular complexity index is 3130. The number of nitrogens with two attached hydrogens (primary N) is 1. The Balaban J connectivity index is 1.05. The summed E-state index contributed by atoms with van der Waals surface area (Å²) in [5.74, 6) is 0.898. The largest absolute Gasteiger partial charge is 0.398 e. The zero-order valence-electron chi connectivity index (χ0n) is 29.6. The van der Waals surface area contributed by atoms with Crippen LogP contribution in [0.25, 0.3) is 88.4 Å². The first-order chi connectivity index (χ1) is 26.6. The van der Waals surface area contributed by atoms with Crippen LogP contribution in [0.2, 0.25) is 0 Å². The minimum atomic E-state index is 0.751. The van der Waals surface area contributed by atoms with Crippen molar-refractivity contribution in [3.8, 4) is 28.2 Å². The van der Waals surface area contributed by atoms with E-state index in [-0.39, 0.29) is 0 Å². The van der Waals surface area contributed by atoms with Crippen LogP contribution < -0.4 is 5.73 Å². The number of fused-ring (bicyclic) bond motifs is 10. The monoisotopic (exact) mass is 693 g/mol. The minimum Gasteiger partial charge on any atom is -0.398 e. The van der Waals surface area contributed by atoms with E-state index in [0.29, 0.717) is 0 Å².